The van der Waals surface area contributed by atoms with Crippen molar-refractivity contribution in [2.75, 3.05) is 0 Å². The van der Waals surface area contributed by atoms with Crippen LogP contribution in [0.3, 0.4) is 0 Å². The van der Waals surface area contributed by atoms with Gasteiger partial charge in [0.05, 0.1) is 38.7 Å². The summed E-state index contributed by atoms with van der Waals surface area (Å²) in [6.07, 6.45) is 5.37. The molecule has 0 saturated carbocycles. The molecule has 2 aromatic heterocycles. The topological polar surface area (TPSA) is 144 Å². The van der Waals surface area contributed by atoms with Gasteiger partial charge in [-0.15, -0.1) is 11.3 Å². The number of benzene rings is 6. The molecule has 0 amide bonds. The molecular formula is C49H37N3O8S. The van der Waals surface area contributed by atoms with Gasteiger partial charge in [-0.1, -0.05) is 63.1 Å². The Balaban J connectivity index is 1.01. The second kappa shape index (κ2) is 18.1. The molecule has 0 unspecified atom stereocenters. The number of nitrogens with zero attached hydrogens (tertiary/aromatic N) is 3. The first-order valence-electron chi connectivity index (χ1n) is 19.7. The molecule has 0 N–H and O–H groups in total. The number of aryl methyl sites for hydroxylation is 2. The van der Waals surface area contributed by atoms with Gasteiger partial charge in [0.25, 0.3) is 0 Å². The Hall–Kier alpha value is -7.57. The highest BCUT2D eigenvalue weighted by Gasteiger charge is 2.21. The maximum absolute atomic E-state index is 13.5. The minimum Gasteiger partial charge on any atom is -0.423 e. The van der Waals surface area contributed by atoms with E-state index >= 15 is 0 Å². The number of thiazole rings is 1. The molecule has 0 atom stereocenters. The summed E-state index contributed by atoms with van der Waals surface area (Å²) in [5, 5.41) is 0.589. The average molecular weight is 828 g/mol. The molecule has 0 bridgehead atoms. The summed E-state index contributed by atoms with van der Waals surface area (Å²) in [5.74, 6) is -1.82. The van der Waals surface area contributed by atoms with Crippen molar-refractivity contribution in [1.29, 1.82) is 0 Å². The maximum Gasteiger partial charge on any atom is 0.343 e. The third-order valence-corrected chi connectivity index (χ3v) is 10.7. The van der Waals surface area contributed by atoms with Gasteiger partial charge in [-0.05, 0) is 121 Å². The average Bonchev–Trinajstić information content (AvgIpc) is 3.73. The van der Waals surface area contributed by atoms with Gasteiger partial charge in [-0.3, -0.25) is 0 Å². The molecule has 0 fully saturated rings. The lowest BCUT2D eigenvalue weighted by atomic mass is 10.1. The quantitative estimate of drug-likeness (QED) is 0.0809. The molecule has 11 nitrogen and oxygen atoms in total. The lowest BCUT2D eigenvalue weighted by Crippen LogP contribution is -2.12. The number of esters is 4. The lowest BCUT2D eigenvalue weighted by molar-refractivity contribution is 0.0718. The standard InChI is InChI=1S/C49H37N3O8S/c1-3-7-30-11-15-32(16-12-30)46(53)57-36-23-19-34(20-24-36)48(55)59-40-27-28-41(44-43(40)50-29-39(51-44)45-52-38-9-5-6-10-42(38)61-45)60-49(56)35-21-25-37(26-22-35)58-47(54)33-17-13-31(8-4-2)14-18-33/h5-6,9-29H,3-4,7-8H2,1-2H3. The summed E-state index contributed by atoms with van der Waals surface area (Å²) in [5.41, 5.74) is 4.98. The smallest absolute Gasteiger partial charge is 0.343 e. The molecule has 0 saturated heterocycles. The van der Waals surface area contributed by atoms with E-state index in [1.165, 1.54) is 78.2 Å². The number of rotatable bonds is 13. The van der Waals surface area contributed by atoms with Crippen LogP contribution in [0.15, 0.2) is 140 Å². The van der Waals surface area contributed by atoms with Gasteiger partial charge < -0.3 is 18.9 Å². The highest BCUT2D eigenvalue weighted by atomic mass is 32.1. The fraction of sp³-hybridized carbons (Fsp3) is 0.122. The fourth-order valence-electron chi connectivity index (χ4n) is 6.46. The summed E-state index contributed by atoms with van der Waals surface area (Å²) in [4.78, 5) is 66.6. The normalized spacial score (nSPS) is 11.0. The highest BCUT2D eigenvalue weighted by Crippen LogP contribution is 2.35. The van der Waals surface area contributed by atoms with Gasteiger partial charge in [-0.2, -0.15) is 0 Å². The van der Waals surface area contributed by atoms with Crippen LogP contribution < -0.4 is 18.9 Å². The van der Waals surface area contributed by atoms with Crippen molar-refractivity contribution >= 4 is 56.5 Å². The van der Waals surface area contributed by atoms with Gasteiger partial charge in [-0.25, -0.2) is 34.1 Å². The first-order chi connectivity index (χ1) is 29.7. The van der Waals surface area contributed by atoms with Crippen molar-refractivity contribution in [3.8, 4) is 33.7 Å². The molecular weight excluding hydrogens is 791 g/mol. The fourth-order valence-corrected chi connectivity index (χ4v) is 7.38. The third kappa shape index (κ3) is 9.35. The Bertz CT molecular complexity index is 2860. The van der Waals surface area contributed by atoms with Gasteiger partial charge in [0.1, 0.15) is 33.2 Å². The van der Waals surface area contributed by atoms with E-state index in [1.54, 1.807) is 24.3 Å². The largest absolute Gasteiger partial charge is 0.423 e. The molecule has 0 spiro atoms. The van der Waals surface area contributed by atoms with Crippen LogP contribution in [0, 0.1) is 0 Å². The van der Waals surface area contributed by atoms with Crippen LogP contribution in [-0.4, -0.2) is 38.8 Å². The second-order valence-corrected chi connectivity index (χ2v) is 15.0. The summed E-state index contributed by atoms with van der Waals surface area (Å²) >= 11 is 1.43. The molecule has 0 aliphatic rings. The van der Waals surface area contributed by atoms with Crippen molar-refractivity contribution in [3.63, 3.8) is 0 Å². The molecule has 2 heterocycles. The number of carbonyl (C=O) groups is 4. The molecule has 12 heteroatoms. The summed E-state index contributed by atoms with van der Waals surface area (Å²) in [7, 11) is 0. The van der Waals surface area contributed by atoms with Crippen molar-refractivity contribution in [1.82, 2.24) is 15.0 Å². The van der Waals surface area contributed by atoms with E-state index in [4.69, 9.17) is 28.9 Å². The predicted molar refractivity (Wildman–Crippen MR) is 232 cm³/mol. The van der Waals surface area contributed by atoms with Crippen LogP contribution in [0.2, 0.25) is 0 Å². The summed E-state index contributed by atoms with van der Waals surface area (Å²) in [6, 6.07) is 37.1. The van der Waals surface area contributed by atoms with Gasteiger partial charge in [0.2, 0.25) is 0 Å². The Morgan fingerprint density at radius 1 is 0.492 bits per heavy atom. The van der Waals surface area contributed by atoms with Gasteiger partial charge in [0, 0.05) is 0 Å². The van der Waals surface area contributed by atoms with Crippen LogP contribution in [0.4, 0.5) is 0 Å². The zero-order chi connectivity index (χ0) is 42.3. The van der Waals surface area contributed by atoms with Crippen LogP contribution in [0.1, 0.15) is 79.2 Å². The van der Waals surface area contributed by atoms with E-state index < -0.39 is 23.9 Å². The van der Waals surface area contributed by atoms with E-state index in [-0.39, 0.29) is 45.2 Å². The summed E-state index contributed by atoms with van der Waals surface area (Å²) < 4.78 is 23.7. The van der Waals surface area contributed by atoms with E-state index in [2.05, 4.69) is 18.8 Å². The van der Waals surface area contributed by atoms with Crippen molar-refractivity contribution in [2.45, 2.75) is 39.5 Å². The third-order valence-electron chi connectivity index (χ3n) is 9.60. The van der Waals surface area contributed by atoms with Crippen molar-refractivity contribution < 1.29 is 38.1 Å². The minimum atomic E-state index is -0.711. The SMILES string of the molecule is CCCc1ccc(C(=O)Oc2ccc(C(=O)Oc3ccc(OC(=O)c4ccc(OC(=O)c5ccc(CCC)cc5)cc4)c4nc(-c5nc6ccccc6s5)cnc34)cc2)cc1. The molecule has 0 aliphatic heterocycles. The van der Waals surface area contributed by atoms with Crippen molar-refractivity contribution in [2.24, 2.45) is 0 Å². The Kier molecular flexibility index (Phi) is 12.0. The monoisotopic (exact) mass is 827 g/mol. The highest BCUT2D eigenvalue weighted by molar-refractivity contribution is 7.21. The van der Waals surface area contributed by atoms with Gasteiger partial charge >= 0.3 is 23.9 Å². The number of aromatic nitrogens is 3. The van der Waals surface area contributed by atoms with E-state index in [0.717, 1.165) is 47.0 Å². The van der Waals surface area contributed by atoms with Crippen LogP contribution >= 0.6 is 11.3 Å². The predicted octanol–water partition coefficient (Wildman–Crippen LogP) is 10.7. The number of para-hydroxylation sites is 1. The van der Waals surface area contributed by atoms with Crippen LogP contribution in [0.25, 0.3) is 32.0 Å². The first-order valence-corrected chi connectivity index (χ1v) is 20.5. The number of hydrogen-bond acceptors (Lipinski definition) is 12. The second-order valence-electron chi connectivity index (χ2n) is 14.0. The Morgan fingerprint density at radius 3 is 1.41 bits per heavy atom. The summed E-state index contributed by atoms with van der Waals surface area (Å²) in [6.45, 7) is 4.18. The molecule has 0 radical (unpaired) electrons. The van der Waals surface area contributed by atoms with E-state index in [9.17, 15) is 19.2 Å². The molecule has 0 aliphatic carbocycles. The Labute approximate surface area is 354 Å². The number of ether oxygens (including phenoxy) is 4. The molecule has 302 valence electrons. The lowest BCUT2D eigenvalue weighted by Gasteiger charge is -2.12. The Morgan fingerprint density at radius 2 is 0.934 bits per heavy atom. The van der Waals surface area contributed by atoms with E-state index in [1.807, 2.05) is 48.5 Å². The van der Waals surface area contributed by atoms with Crippen LogP contribution in [-0.2, 0) is 12.8 Å². The minimum absolute atomic E-state index is 0.0588. The van der Waals surface area contributed by atoms with Gasteiger partial charge in [0.15, 0.2) is 11.5 Å². The molecule has 6 aromatic carbocycles. The first kappa shape index (κ1) is 40.2. The molecule has 61 heavy (non-hydrogen) atoms. The van der Waals surface area contributed by atoms with Crippen molar-refractivity contribution in [3.05, 3.63) is 173 Å². The van der Waals surface area contributed by atoms with E-state index in [0.29, 0.717) is 21.8 Å². The zero-order valence-corrected chi connectivity index (χ0v) is 33.9. The number of fused-ring (bicyclic) bond motifs is 2. The zero-order valence-electron chi connectivity index (χ0n) is 33.1. The molecule has 8 aromatic rings. The number of carbonyl (C=O) groups excluding carboxylic acids is 4. The van der Waals surface area contributed by atoms with Crippen LogP contribution in [0.5, 0.6) is 23.0 Å². The number of hydrogen-bond donors (Lipinski definition) is 0. The maximum atomic E-state index is 13.5. The molecule has 8 rings (SSSR count).